The Labute approximate surface area is 72.6 Å². The van der Waals surface area contributed by atoms with E-state index in [9.17, 15) is 4.79 Å². The topological polar surface area (TPSA) is 50.4 Å². The van der Waals surface area contributed by atoms with Crippen molar-refractivity contribution >= 4 is 5.91 Å². The van der Waals surface area contributed by atoms with Gasteiger partial charge < -0.3 is 10.2 Å². The molecule has 4 heteroatoms. The van der Waals surface area contributed by atoms with E-state index in [0.29, 0.717) is 6.04 Å². The smallest absolute Gasteiger partial charge is 0.236 e. The number of rotatable bonds is 4. The molecule has 4 nitrogen and oxygen atoms in total. The highest BCUT2D eigenvalue weighted by Gasteiger charge is 2.16. The monoisotopic (exact) mass is 172 g/mol. The van der Waals surface area contributed by atoms with Gasteiger partial charge in [0.1, 0.15) is 0 Å². The maximum Gasteiger partial charge on any atom is 0.236 e. The molecular weight excluding hydrogens is 156 g/mol. The zero-order valence-electron chi connectivity index (χ0n) is 7.43. The fourth-order valence-corrected chi connectivity index (χ4v) is 1.49. The molecule has 0 aromatic rings. The van der Waals surface area contributed by atoms with Gasteiger partial charge in [-0.15, -0.1) is 0 Å². The fourth-order valence-electron chi connectivity index (χ4n) is 1.49. The van der Waals surface area contributed by atoms with Crippen LogP contribution < -0.4 is 10.8 Å². The predicted molar refractivity (Wildman–Crippen MR) is 45.4 cm³/mol. The summed E-state index contributed by atoms with van der Waals surface area (Å²) < 4.78 is 0. The van der Waals surface area contributed by atoms with E-state index in [2.05, 4.69) is 15.6 Å². The fraction of sp³-hybridized carbons (Fsp3) is 0.875. The van der Waals surface area contributed by atoms with E-state index in [-0.39, 0.29) is 12.5 Å². The molecule has 1 rings (SSSR count). The Balaban J connectivity index is 2.08. The van der Waals surface area contributed by atoms with Crippen LogP contribution in [-0.2, 0) is 9.63 Å². The molecule has 0 heterocycles. The van der Waals surface area contributed by atoms with Crippen molar-refractivity contribution in [3.8, 4) is 0 Å². The number of carbonyl (C=O) groups excluding carboxylic acids is 1. The van der Waals surface area contributed by atoms with Crippen LogP contribution in [-0.4, -0.2) is 25.6 Å². The third kappa shape index (κ3) is 3.19. The maximum absolute atomic E-state index is 11.1. The summed E-state index contributed by atoms with van der Waals surface area (Å²) in [6.45, 7) is 0.243. The van der Waals surface area contributed by atoms with Crippen molar-refractivity contribution < 1.29 is 9.63 Å². The van der Waals surface area contributed by atoms with Gasteiger partial charge in [0.2, 0.25) is 5.91 Å². The lowest BCUT2D eigenvalue weighted by Gasteiger charge is -2.11. The highest BCUT2D eigenvalue weighted by atomic mass is 16.6. The van der Waals surface area contributed by atoms with Crippen LogP contribution in [0.2, 0.25) is 0 Å². The standard InChI is InChI=1S/C8H16N2O2/c1-12-9-6-8(11)10-7-4-2-3-5-7/h7,9H,2-6H2,1H3,(H,10,11). The van der Waals surface area contributed by atoms with Crippen molar-refractivity contribution in [1.82, 2.24) is 10.8 Å². The Morgan fingerprint density at radius 2 is 2.17 bits per heavy atom. The van der Waals surface area contributed by atoms with Crippen LogP contribution in [0.25, 0.3) is 0 Å². The molecule has 70 valence electrons. The summed E-state index contributed by atoms with van der Waals surface area (Å²) in [6.07, 6.45) is 4.72. The van der Waals surface area contributed by atoms with E-state index in [4.69, 9.17) is 0 Å². The van der Waals surface area contributed by atoms with Crippen molar-refractivity contribution in [1.29, 1.82) is 0 Å². The second-order valence-corrected chi connectivity index (χ2v) is 3.07. The molecule has 0 radical (unpaired) electrons. The van der Waals surface area contributed by atoms with Gasteiger partial charge in [-0.25, -0.2) is 0 Å². The SMILES string of the molecule is CONCC(=O)NC1CCCC1. The molecule has 0 spiro atoms. The first-order valence-electron chi connectivity index (χ1n) is 4.38. The molecule has 0 aromatic carbocycles. The number of amides is 1. The predicted octanol–water partition coefficient (Wildman–Crippen LogP) is 0.196. The van der Waals surface area contributed by atoms with Crippen LogP contribution in [0.4, 0.5) is 0 Å². The average Bonchev–Trinajstić information content (AvgIpc) is 2.53. The van der Waals surface area contributed by atoms with Crippen LogP contribution in [0.3, 0.4) is 0 Å². The first-order valence-corrected chi connectivity index (χ1v) is 4.38. The third-order valence-corrected chi connectivity index (χ3v) is 2.10. The molecule has 0 saturated heterocycles. The van der Waals surface area contributed by atoms with Gasteiger partial charge in [0.05, 0.1) is 13.7 Å². The Hall–Kier alpha value is -0.610. The normalized spacial score (nSPS) is 18.1. The summed E-state index contributed by atoms with van der Waals surface area (Å²) in [5, 5.41) is 2.93. The number of hydroxylamine groups is 1. The van der Waals surface area contributed by atoms with Gasteiger partial charge in [0.15, 0.2) is 0 Å². The molecule has 2 N–H and O–H groups in total. The van der Waals surface area contributed by atoms with Crippen LogP contribution in [0.1, 0.15) is 25.7 Å². The first kappa shape index (κ1) is 9.48. The van der Waals surface area contributed by atoms with Gasteiger partial charge in [-0.3, -0.25) is 4.79 Å². The molecule has 1 saturated carbocycles. The van der Waals surface area contributed by atoms with Crippen LogP contribution in [0, 0.1) is 0 Å². The Kier molecular flexibility index (Phi) is 4.04. The number of hydrogen-bond donors (Lipinski definition) is 2. The molecule has 0 aromatic heterocycles. The Bertz CT molecular complexity index is 144. The molecule has 0 aliphatic heterocycles. The van der Waals surface area contributed by atoms with Crippen molar-refractivity contribution in [2.75, 3.05) is 13.7 Å². The lowest BCUT2D eigenvalue weighted by molar-refractivity contribution is -0.122. The van der Waals surface area contributed by atoms with E-state index < -0.39 is 0 Å². The molecule has 12 heavy (non-hydrogen) atoms. The summed E-state index contributed by atoms with van der Waals surface area (Å²) in [7, 11) is 1.50. The van der Waals surface area contributed by atoms with Gasteiger partial charge in [0.25, 0.3) is 0 Å². The molecule has 0 bridgehead atoms. The van der Waals surface area contributed by atoms with Gasteiger partial charge in [0, 0.05) is 6.04 Å². The number of hydrogen-bond acceptors (Lipinski definition) is 3. The van der Waals surface area contributed by atoms with Crippen LogP contribution >= 0.6 is 0 Å². The number of carbonyl (C=O) groups is 1. The molecule has 0 atom stereocenters. The summed E-state index contributed by atoms with van der Waals surface area (Å²) in [5.74, 6) is 0.0174. The third-order valence-electron chi connectivity index (χ3n) is 2.10. The van der Waals surface area contributed by atoms with Crippen LogP contribution in [0.5, 0.6) is 0 Å². The molecule has 1 aliphatic rings. The minimum Gasteiger partial charge on any atom is -0.352 e. The summed E-state index contributed by atoms with van der Waals surface area (Å²) in [5.41, 5.74) is 2.51. The second-order valence-electron chi connectivity index (χ2n) is 3.07. The Morgan fingerprint density at radius 1 is 1.50 bits per heavy atom. The lowest BCUT2D eigenvalue weighted by Crippen LogP contribution is -2.38. The highest BCUT2D eigenvalue weighted by molar-refractivity contribution is 5.78. The van der Waals surface area contributed by atoms with E-state index in [1.54, 1.807) is 0 Å². The van der Waals surface area contributed by atoms with Gasteiger partial charge in [-0.1, -0.05) is 12.8 Å². The first-order chi connectivity index (χ1) is 5.83. The minimum absolute atomic E-state index is 0.0174. The molecule has 1 amide bonds. The van der Waals surface area contributed by atoms with E-state index in [1.807, 2.05) is 0 Å². The van der Waals surface area contributed by atoms with Gasteiger partial charge >= 0.3 is 0 Å². The summed E-state index contributed by atoms with van der Waals surface area (Å²) in [6, 6.07) is 0.399. The van der Waals surface area contributed by atoms with Crippen LogP contribution in [0.15, 0.2) is 0 Å². The van der Waals surface area contributed by atoms with E-state index >= 15 is 0 Å². The van der Waals surface area contributed by atoms with Crippen molar-refractivity contribution in [2.45, 2.75) is 31.7 Å². The van der Waals surface area contributed by atoms with Gasteiger partial charge in [-0.2, -0.15) is 5.48 Å². The lowest BCUT2D eigenvalue weighted by atomic mass is 10.2. The molecule has 1 fully saturated rings. The minimum atomic E-state index is 0.0174. The van der Waals surface area contributed by atoms with Crippen molar-refractivity contribution in [3.63, 3.8) is 0 Å². The maximum atomic E-state index is 11.1. The molecule has 1 aliphatic carbocycles. The number of nitrogens with one attached hydrogen (secondary N) is 2. The largest absolute Gasteiger partial charge is 0.352 e. The zero-order valence-corrected chi connectivity index (χ0v) is 7.43. The van der Waals surface area contributed by atoms with E-state index in [1.165, 1.54) is 20.0 Å². The summed E-state index contributed by atoms with van der Waals surface area (Å²) >= 11 is 0. The molecule has 0 unspecified atom stereocenters. The van der Waals surface area contributed by atoms with Crippen molar-refractivity contribution in [3.05, 3.63) is 0 Å². The quantitative estimate of drug-likeness (QED) is 0.595. The van der Waals surface area contributed by atoms with E-state index in [0.717, 1.165) is 12.8 Å². The van der Waals surface area contributed by atoms with Gasteiger partial charge in [-0.05, 0) is 12.8 Å². The zero-order chi connectivity index (χ0) is 8.81. The Morgan fingerprint density at radius 3 is 2.75 bits per heavy atom. The molecular formula is C8H16N2O2. The summed E-state index contributed by atoms with van der Waals surface area (Å²) in [4.78, 5) is 15.7. The van der Waals surface area contributed by atoms with Crippen molar-refractivity contribution in [2.24, 2.45) is 0 Å². The highest BCUT2D eigenvalue weighted by Crippen LogP contribution is 2.17. The average molecular weight is 172 g/mol. The second kappa shape index (κ2) is 5.11.